The molecular formula is C25H22N2OS. The first-order valence-electron chi connectivity index (χ1n) is 9.60. The van der Waals surface area contributed by atoms with Gasteiger partial charge in [-0.15, -0.1) is 11.3 Å². The number of aryl methyl sites for hydroxylation is 1. The maximum absolute atomic E-state index is 13.2. The van der Waals surface area contributed by atoms with Gasteiger partial charge in [0.25, 0.3) is 0 Å². The normalized spacial score (nSPS) is 10.8. The van der Waals surface area contributed by atoms with E-state index in [1.165, 1.54) is 0 Å². The molecule has 4 rings (SSSR count). The summed E-state index contributed by atoms with van der Waals surface area (Å²) in [4.78, 5) is 17.7. The molecule has 144 valence electrons. The Kier molecular flexibility index (Phi) is 5.82. The minimum atomic E-state index is -0.331. The zero-order chi connectivity index (χ0) is 20.1. The maximum Gasteiger partial charge on any atom is 0.232 e. The van der Waals surface area contributed by atoms with Gasteiger partial charge in [0.15, 0.2) is 0 Å². The third-order valence-corrected chi connectivity index (χ3v) is 5.80. The van der Waals surface area contributed by atoms with Crippen molar-refractivity contribution in [3.63, 3.8) is 0 Å². The number of nitrogens with zero attached hydrogens (tertiary/aromatic N) is 1. The molecule has 0 fully saturated rings. The van der Waals surface area contributed by atoms with Crippen LogP contribution in [-0.2, 0) is 11.3 Å². The van der Waals surface area contributed by atoms with Crippen LogP contribution in [0.1, 0.15) is 28.3 Å². The molecule has 4 aromatic rings. The van der Waals surface area contributed by atoms with E-state index in [2.05, 4.69) is 22.4 Å². The molecule has 0 aliphatic carbocycles. The maximum atomic E-state index is 13.2. The number of hydrogen-bond acceptors (Lipinski definition) is 3. The lowest BCUT2D eigenvalue weighted by atomic mass is 9.90. The monoisotopic (exact) mass is 398 g/mol. The van der Waals surface area contributed by atoms with Crippen molar-refractivity contribution >= 4 is 17.2 Å². The summed E-state index contributed by atoms with van der Waals surface area (Å²) >= 11 is 1.64. The molecule has 1 amide bonds. The van der Waals surface area contributed by atoms with Gasteiger partial charge in [-0.05, 0) is 29.7 Å². The van der Waals surface area contributed by atoms with Crippen molar-refractivity contribution in [3.8, 4) is 10.6 Å². The third-order valence-electron chi connectivity index (χ3n) is 4.79. The Bertz CT molecular complexity index is 1050. The summed E-state index contributed by atoms with van der Waals surface area (Å²) in [6.45, 7) is 2.48. The fourth-order valence-electron chi connectivity index (χ4n) is 3.38. The van der Waals surface area contributed by atoms with Crippen LogP contribution in [0.15, 0.2) is 90.3 Å². The zero-order valence-electron chi connectivity index (χ0n) is 16.2. The van der Waals surface area contributed by atoms with Crippen LogP contribution >= 0.6 is 11.3 Å². The van der Waals surface area contributed by atoms with E-state index >= 15 is 0 Å². The van der Waals surface area contributed by atoms with Crippen LogP contribution in [0.25, 0.3) is 10.6 Å². The van der Waals surface area contributed by atoms with Gasteiger partial charge in [-0.2, -0.15) is 0 Å². The van der Waals surface area contributed by atoms with E-state index in [0.29, 0.717) is 6.54 Å². The molecule has 0 radical (unpaired) electrons. The summed E-state index contributed by atoms with van der Waals surface area (Å²) in [7, 11) is 0. The minimum absolute atomic E-state index is 0.00195. The van der Waals surface area contributed by atoms with E-state index in [1.807, 2.05) is 85.1 Å². The van der Waals surface area contributed by atoms with Crippen molar-refractivity contribution in [2.75, 3.05) is 0 Å². The summed E-state index contributed by atoms with van der Waals surface area (Å²) in [5, 5.41) is 6.18. The smallest absolute Gasteiger partial charge is 0.232 e. The summed E-state index contributed by atoms with van der Waals surface area (Å²) in [6, 6.07) is 28.0. The summed E-state index contributed by atoms with van der Waals surface area (Å²) < 4.78 is 0. The highest BCUT2D eigenvalue weighted by molar-refractivity contribution is 7.13. The molecule has 0 aliphatic heterocycles. The van der Waals surface area contributed by atoms with Gasteiger partial charge in [-0.3, -0.25) is 4.79 Å². The predicted molar refractivity (Wildman–Crippen MR) is 119 cm³/mol. The first kappa shape index (κ1) is 19.1. The Morgan fingerprint density at radius 3 is 2.17 bits per heavy atom. The van der Waals surface area contributed by atoms with E-state index in [-0.39, 0.29) is 11.8 Å². The fraction of sp³-hybridized carbons (Fsp3) is 0.120. The largest absolute Gasteiger partial charge is 0.351 e. The van der Waals surface area contributed by atoms with Gasteiger partial charge in [-0.1, -0.05) is 78.9 Å². The number of carbonyl (C=O) groups is 1. The van der Waals surface area contributed by atoms with Crippen LogP contribution in [-0.4, -0.2) is 10.9 Å². The van der Waals surface area contributed by atoms with Crippen molar-refractivity contribution in [1.82, 2.24) is 10.3 Å². The van der Waals surface area contributed by atoms with Gasteiger partial charge in [-0.25, -0.2) is 4.98 Å². The number of carbonyl (C=O) groups excluding carboxylic acids is 1. The SMILES string of the molecule is Cc1csc(-c2cccc(CNC(=O)C(c3ccccc3)c3ccccc3)c2)n1. The van der Waals surface area contributed by atoms with E-state index in [0.717, 1.165) is 33.0 Å². The Morgan fingerprint density at radius 1 is 0.931 bits per heavy atom. The highest BCUT2D eigenvalue weighted by Crippen LogP contribution is 2.26. The number of hydrogen-bond donors (Lipinski definition) is 1. The number of nitrogens with one attached hydrogen (secondary N) is 1. The van der Waals surface area contributed by atoms with E-state index in [4.69, 9.17) is 0 Å². The number of benzene rings is 3. The lowest BCUT2D eigenvalue weighted by molar-refractivity contribution is -0.121. The van der Waals surface area contributed by atoms with E-state index in [9.17, 15) is 4.79 Å². The lowest BCUT2D eigenvalue weighted by Crippen LogP contribution is -2.29. The molecule has 29 heavy (non-hydrogen) atoms. The van der Waals surface area contributed by atoms with Crippen LogP contribution in [0.3, 0.4) is 0 Å². The molecule has 0 atom stereocenters. The topological polar surface area (TPSA) is 42.0 Å². The number of thiazole rings is 1. The average molecular weight is 399 g/mol. The number of amides is 1. The Morgan fingerprint density at radius 2 is 1.59 bits per heavy atom. The van der Waals surface area contributed by atoms with Crippen molar-refractivity contribution < 1.29 is 4.79 Å². The molecule has 4 heteroatoms. The standard InChI is InChI=1S/C25H22N2OS/c1-18-17-29-25(27-18)22-14-8-9-19(15-22)16-26-24(28)23(20-10-4-2-5-11-20)21-12-6-3-7-13-21/h2-15,17,23H,16H2,1H3,(H,26,28). The van der Waals surface area contributed by atoms with Crippen LogP contribution in [0.2, 0.25) is 0 Å². The number of aromatic nitrogens is 1. The summed E-state index contributed by atoms with van der Waals surface area (Å²) in [5.41, 5.74) is 5.14. The highest BCUT2D eigenvalue weighted by atomic mass is 32.1. The second-order valence-corrected chi connectivity index (χ2v) is 7.82. The van der Waals surface area contributed by atoms with Gasteiger partial charge in [0, 0.05) is 23.2 Å². The van der Waals surface area contributed by atoms with Crippen molar-refractivity contribution in [1.29, 1.82) is 0 Å². The highest BCUT2D eigenvalue weighted by Gasteiger charge is 2.22. The van der Waals surface area contributed by atoms with Crippen LogP contribution < -0.4 is 5.32 Å². The second kappa shape index (κ2) is 8.84. The van der Waals surface area contributed by atoms with E-state index in [1.54, 1.807) is 11.3 Å². The van der Waals surface area contributed by atoms with E-state index < -0.39 is 0 Å². The van der Waals surface area contributed by atoms with Gasteiger partial charge in [0.05, 0.1) is 5.92 Å². The average Bonchev–Trinajstić information content (AvgIpc) is 3.21. The van der Waals surface area contributed by atoms with Gasteiger partial charge < -0.3 is 5.32 Å². The third kappa shape index (κ3) is 4.61. The Labute approximate surface area is 175 Å². The molecule has 3 aromatic carbocycles. The second-order valence-electron chi connectivity index (χ2n) is 6.97. The first-order chi connectivity index (χ1) is 14.2. The minimum Gasteiger partial charge on any atom is -0.351 e. The summed E-state index contributed by atoms with van der Waals surface area (Å²) in [5.74, 6) is -0.333. The molecule has 0 unspecified atom stereocenters. The fourth-order valence-corrected chi connectivity index (χ4v) is 4.17. The number of rotatable bonds is 6. The van der Waals surface area contributed by atoms with Crippen LogP contribution in [0.4, 0.5) is 0 Å². The molecule has 1 N–H and O–H groups in total. The van der Waals surface area contributed by atoms with Gasteiger partial charge in [0.1, 0.15) is 5.01 Å². The molecule has 3 nitrogen and oxygen atoms in total. The first-order valence-corrected chi connectivity index (χ1v) is 10.5. The predicted octanol–water partition coefficient (Wildman–Crippen LogP) is 5.57. The zero-order valence-corrected chi connectivity index (χ0v) is 17.0. The molecule has 0 saturated carbocycles. The Balaban J connectivity index is 1.53. The van der Waals surface area contributed by atoms with Gasteiger partial charge >= 0.3 is 0 Å². The molecule has 1 heterocycles. The molecule has 1 aromatic heterocycles. The lowest BCUT2D eigenvalue weighted by Gasteiger charge is -2.18. The van der Waals surface area contributed by atoms with Crippen molar-refractivity contribution in [2.24, 2.45) is 0 Å². The molecule has 0 aliphatic rings. The van der Waals surface area contributed by atoms with Gasteiger partial charge in [0.2, 0.25) is 5.91 Å². The summed E-state index contributed by atoms with van der Waals surface area (Å²) in [6.07, 6.45) is 0. The van der Waals surface area contributed by atoms with Crippen molar-refractivity contribution in [2.45, 2.75) is 19.4 Å². The quantitative estimate of drug-likeness (QED) is 0.461. The van der Waals surface area contributed by atoms with Crippen LogP contribution in [0, 0.1) is 6.92 Å². The molecule has 0 bridgehead atoms. The Hall–Kier alpha value is -3.24. The van der Waals surface area contributed by atoms with Crippen molar-refractivity contribution in [3.05, 3.63) is 113 Å². The molecule has 0 spiro atoms. The molecular weight excluding hydrogens is 376 g/mol. The molecule has 0 saturated heterocycles. The van der Waals surface area contributed by atoms with Crippen LogP contribution in [0.5, 0.6) is 0 Å².